The molecule has 0 atom stereocenters. The molecule has 0 fully saturated rings. The topological polar surface area (TPSA) is 30.5 Å². The number of anilines is 1. The summed E-state index contributed by atoms with van der Waals surface area (Å²) in [4.78, 5) is 0. The molecule has 1 aliphatic rings. The van der Waals surface area contributed by atoms with Gasteiger partial charge in [0.1, 0.15) is 0 Å². The van der Waals surface area contributed by atoms with E-state index in [4.69, 9.17) is 9.47 Å². The predicted molar refractivity (Wildman–Crippen MR) is 71.3 cm³/mol. The van der Waals surface area contributed by atoms with Gasteiger partial charge in [-0.1, -0.05) is 18.2 Å². The zero-order valence-electron chi connectivity index (χ0n) is 10.9. The maximum atomic E-state index is 12.9. The Bertz CT molecular complexity index is 656. The number of ether oxygens (including phenoxy) is 2. The fraction of sp³-hybridized carbons (Fsp3) is 0.200. The summed E-state index contributed by atoms with van der Waals surface area (Å²) in [6, 6.07) is 10.7. The monoisotopic (exact) mass is 295 g/mol. The molecule has 1 aliphatic heterocycles. The van der Waals surface area contributed by atoms with Crippen LogP contribution in [-0.4, -0.2) is 6.79 Å². The van der Waals surface area contributed by atoms with Gasteiger partial charge in [0.05, 0.1) is 5.56 Å². The van der Waals surface area contributed by atoms with E-state index in [0.717, 1.165) is 6.07 Å². The first kappa shape index (κ1) is 13.6. The van der Waals surface area contributed by atoms with Crippen molar-refractivity contribution in [1.29, 1.82) is 0 Å². The molecule has 21 heavy (non-hydrogen) atoms. The van der Waals surface area contributed by atoms with Gasteiger partial charge in [0.15, 0.2) is 11.5 Å². The van der Waals surface area contributed by atoms with Crippen molar-refractivity contribution in [2.45, 2.75) is 12.7 Å². The van der Waals surface area contributed by atoms with Gasteiger partial charge in [-0.15, -0.1) is 0 Å². The van der Waals surface area contributed by atoms with E-state index in [9.17, 15) is 13.2 Å². The van der Waals surface area contributed by atoms with E-state index in [-0.39, 0.29) is 18.9 Å². The Morgan fingerprint density at radius 2 is 1.76 bits per heavy atom. The molecule has 110 valence electrons. The number of nitrogens with one attached hydrogen (secondary N) is 1. The molecular weight excluding hydrogens is 283 g/mol. The van der Waals surface area contributed by atoms with Crippen LogP contribution >= 0.6 is 0 Å². The van der Waals surface area contributed by atoms with E-state index >= 15 is 0 Å². The normalized spacial score (nSPS) is 13.3. The summed E-state index contributed by atoms with van der Waals surface area (Å²) < 4.78 is 49.1. The molecule has 0 saturated heterocycles. The van der Waals surface area contributed by atoms with Crippen molar-refractivity contribution in [2.24, 2.45) is 0 Å². The van der Waals surface area contributed by atoms with E-state index in [1.54, 1.807) is 24.3 Å². The SMILES string of the molecule is FC(F)(F)c1ccccc1CNc1ccc2c(c1)OCO2. The second-order valence-corrected chi connectivity index (χ2v) is 4.58. The van der Waals surface area contributed by atoms with Gasteiger partial charge in [0, 0.05) is 18.3 Å². The van der Waals surface area contributed by atoms with E-state index in [1.165, 1.54) is 12.1 Å². The third kappa shape index (κ3) is 2.89. The zero-order chi connectivity index (χ0) is 14.9. The highest BCUT2D eigenvalue weighted by Gasteiger charge is 2.32. The maximum absolute atomic E-state index is 12.9. The maximum Gasteiger partial charge on any atom is 0.416 e. The third-order valence-electron chi connectivity index (χ3n) is 3.18. The summed E-state index contributed by atoms with van der Waals surface area (Å²) in [6.45, 7) is 0.241. The second-order valence-electron chi connectivity index (χ2n) is 4.58. The highest BCUT2D eigenvalue weighted by Crippen LogP contribution is 2.35. The number of benzene rings is 2. The fourth-order valence-corrected chi connectivity index (χ4v) is 2.15. The van der Waals surface area contributed by atoms with Crippen molar-refractivity contribution >= 4 is 5.69 Å². The van der Waals surface area contributed by atoms with Gasteiger partial charge in [-0.2, -0.15) is 13.2 Å². The lowest BCUT2D eigenvalue weighted by molar-refractivity contribution is -0.138. The van der Waals surface area contributed by atoms with Gasteiger partial charge < -0.3 is 14.8 Å². The van der Waals surface area contributed by atoms with Crippen molar-refractivity contribution in [3.8, 4) is 11.5 Å². The first-order valence-electron chi connectivity index (χ1n) is 6.33. The van der Waals surface area contributed by atoms with Gasteiger partial charge >= 0.3 is 6.18 Å². The molecule has 0 aliphatic carbocycles. The number of rotatable bonds is 3. The average molecular weight is 295 g/mol. The van der Waals surface area contributed by atoms with Crippen LogP contribution in [0.2, 0.25) is 0 Å². The van der Waals surface area contributed by atoms with E-state index < -0.39 is 11.7 Å². The first-order chi connectivity index (χ1) is 10.0. The molecule has 2 aromatic rings. The van der Waals surface area contributed by atoms with E-state index in [2.05, 4.69) is 5.32 Å². The number of alkyl halides is 3. The molecular formula is C15H12F3NO2. The van der Waals surface area contributed by atoms with Gasteiger partial charge in [-0.25, -0.2) is 0 Å². The summed E-state index contributed by atoms with van der Waals surface area (Å²) in [5, 5.41) is 2.97. The van der Waals surface area contributed by atoms with Crippen molar-refractivity contribution in [2.75, 3.05) is 12.1 Å². The minimum atomic E-state index is -4.35. The molecule has 0 spiro atoms. The van der Waals surface area contributed by atoms with Gasteiger partial charge in [-0.3, -0.25) is 0 Å². The van der Waals surface area contributed by atoms with Crippen LogP contribution in [0.5, 0.6) is 11.5 Å². The Balaban J connectivity index is 1.76. The molecule has 1 heterocycles. The van der Waals surface area contributed by atoms with Crippen LogP contribution in [0.3, 0.4) is 0 Å². The Hall–Kier alpha value is -2.37. The van der Waals surface area contributed by atoms with Crippen LogP contribution in [0.1, 0.15) is 11.1 Å². The molecule has 3 nitrogen and oxygen atoms in total. The third-order valence-corrected chi connectivity index (χ3v) is 3.18. The molecule has 0 bridgehead atoms. The predicted octanol–water partition coefficient (Wildman–Crippen LogP) is 4.05. The van der Waals surface area contributed by atoms with Crippen molar-refractivity contribution in [3.63, 3.8) is 0 Å². The lowest BCUT2D eigenvalue weighted by atomic mass is 10.1. The summed E-state index contributed by atoms with van der Waals surface area (Å²) >= 11 is 0. The molecule has 1 N–H and O–H groups in total. The Labute approximate surface area is 119 Å². The smallest absolute Gasteiger partial charge is 0.416 e. The first-order valence-corrected chi connectivity index (χ1v) is 6.33. The van der Waals surface area contributed by atoms with Crippen LogP contribution in [0.25, 0.3) is 0 Å². The van der Waals surface area contributed by atoms with Gasteiger partial charge in [-0.05, 0) is 23.8 Å². The molecule has 0 aromatic heterocycles. The quantitative estimate of drug-likeness (QED) is 0.926. The molecule has 0 unspecified atom stereocenters. The van der Waals surface area contributed by atoms with E-state index in [1.807, 2.05) is 0 Å². The van der Waals surface area contributed by atoms with Crippen LogP contribution < -0.4 is 14.8 Å². The highest BCUT2D eigenvalue weighted by molar-refractivity contribution is 5.56. The molecule has 0 amide bonds. The van der Waals surface area contributed by atoms with Gasteiger partial charge in [0.25, 0.3) is 0 Å². The standard InChI is InChI=1S/C15H12F3NO2/c16-15(17,18)12-4-2-1-3-10(12)8-19-11-5-6-13-14(7-11)21-9-20-13/h1-7,19H,8-9H2. The Morgan fingerprint density at radius 3 is 2.57 bits per heavy atom. The largest absolute Gasteiger partial charge is 0.454 e. The molecule has 0 saturated carbocycles. The highest BCUT2D eigenvalue weighted by atomic mass is 19.4. The lowest BCUT2D eigenvalue weighted by Gasteiger charge is -2.14. The lowest BCUT2D eigenvalue weighted by Crippen LogP contribution is -2.11. The summed E-state index contributed by atoms with van der Waals surface area (Å²) in [5.74, 6) is 1.22. The van der Waals surface area contributed by atoms with Crippen molar-refractivity contribution in [3.05, 3.63) is 53.6 Å². The zero-order valence-corrected chi connectivity index (χ0v) is 10.9. The summed E-state index contributed by atoms with van der Waals surface area (Å²) in [7, 11) is 0. The van der Waals surface area contributed by atoms with Crippen LogP contribution in [0, 0.1) is 0 Å². The molecule has 3 rings (SSSR count). The van der Waals surface area contributed by atoms with Crippen molar-refractivity contribution in [1.82, 2.24) is 0 Å². The molecule has 2 aromatic carbocycles. The van der Waals surface area contributed by atoms with Crippen LogP contribution in [-0.2, 0) is 12.7 Å². The van der Waals surface area contributed by atoms with Gasteiger partial charge in [0.2, 0.25) is 6.79 Å². The minimum Gasteiger partial charge on any atom is -0.454 e. The molecule has 6 heteroatoms. The van der Waals surface area contributed by atoms with Crippen LogP contribution in [0.15, 0.2) is 42.5 Å². The van der Waals surface area contributed by atoms with Crippen LogP contribution in [0.4, 0.5) is 18.9 Å². The van der Waals surface area contributed by atoms with E-state index in [0.29, 0.717) is 17.2 Å². The number of fused-ring (bicyclic) bond motifs is 1. The van der Waals surface area contributed by atoms with Crippen molar-refractivity contribution < 1.29 is 22.6 Å². The summed E-state index contributed by atoms with van der Waals surface area (Å²) in [6.07, 6.45) is -4.35. The number of hydrogen-bond acceptors (Lipinski definition) is 3. The second kappa shape index (κ2) is 5.20. The molecule has 0 radical (unpaired) electrons. The Kier molecular flexibility index (Phi) is 3.37. The number of halogens is 3. The number of hydrogen-bond donors (Lipinski definition) is 1. The average Bonchev–Trinajstić information content (AvgIpc) is 2.92. The minimum absolute atomic E-state index is 0.0787. The summed E-state index contributed by atoms with van der Waals surface area (Å²) in [5.41, 5.74) is 0.247. The fourth-order valence-electron chi connectivity index (χ4n) is 2.15. The Morgan fingerprint density at radius 1 is 1.00 bits per heavy atom.